The zero-order valence-electron chi connectivity index (χ0n) is 19.3. The predicted octanol–water partition coefficient (Wildman–Crippen LogP) is 2.63. The third-order valence-electron chi connectivity index (χ3n) is 6.24. The van der Waals surface area contributed by atoms with Crippen molar-refractivity contribution in [3.8, 4) is 0 Å². The molecule has 1 fully saturated rings. The lowest BCUT2D eigenvalue weighted by Crippen LogP contribution is -2.36. The number of anilines is 1. The summed E-state index contributed by atoms with van der Waals surface area (Å²) in [5.41, 5.74) is 13.9. The van der Waals surface area contributed by atoms with E-state index in [0.29, 0.717) is 17.8 Å². The summed E-state index contributed by atoms with van der Waals surface area (Å²) in [6, 6.07) is 0.497. The molecule has 0 radical (unpaired) electrons. The Bertz CT molecular complexity index is 966. The van der Waals surface area contributed by atoms with Crippen molar-refractivity contribution in [1.82, 2.24) is 34.8 Å². The van der Waals surface area contributed by atoms with Crippen LogP contribution in [0.25, 0.3) is 11.2 Å². The van der Waals surface area contributed by atoms with E-state index in [9.17, 15) is 0 Å². The van der Waals surface area contributed by atoms with Crippen LogP contribution in [-0.2, 0) is 0 Å². The summed E-state index contributed by atoms with van der Waals surface area (Å²) in [6.45, 7) is 15.1. The summed E-state index contributed by atoms with van der Waals surface area (Å²) in [7, 11) is 2.00. The third kappa shape index (κ3) is 4.60. The molecule has 0 saturated carbocycles. The maximum Gasteiger partial charge on any atom is 0.165 e. The number of halogens is 1. The van der Waals surface area contributed by atoms with Crippen LogP contribution < -0.4 is 11.2 Å². The van der Waals surface area contributed by atoms with Crippen molar-refractivity contribution in [3.05, 3.63) is 28.1 Å². The summed E-state index contributed by atoms with van der Waals surface area (Å²) < 4.78 is 2.62. The van der Waals surface area contributed by atoms with E-state index in [1.165, 1.54) is 5.57 Å². The first-order chi connectivity index (χ1) is 14.7. The first-order valence-electron chi connectivity index (χ1n) is 11.2. The Morgan fingerprint density at radius 2 is 2.00 bits per heavy atom. The summed E-state index contributed by atoms with van der Waals surface area (Å²) >= 11 is 3.77. The smallest absolute Gasteiger partial charge is 0.165 e. The summed E-state index contributed by atoms with van der Waals surface area (Å²) in [6.07, 6.45) is 3.97. The standard InChI is InChI=1S/C22H35BrN8/c1-14(2)10-29-6-7-30(15(3)4)13-17(12-29)20-19(23)21(24)31-22(27-20)18(9-26-31)16-8-25-28(5)11-16/h9,11,14-15,17,25H,6-8,10,12-13,24H2,1-5H3. The molecule has 2 aliphatic rings. The molecule has 8 nitrogen and oxygen atoms in total. The van der Waals surface area contributed by atoms with Gasteiger partial charge in [0.25, 0.3) is 0 Å². The minimum absolute atomic E-state index is 0.270. The highest BCUT2D eigenvalue weighted by Crippen LogP contribution is 2.34. The van der Waals surface area contributed by atoms with Gasteiger partial charge in [-0.15, -0.1) is 0 Å². The molecule has 1 unspecified atom stereocenters. The van der Waals surface area contributed by atoms with Crippen LogP contribution in [0.5, 0.6) is 0 Å². The van der Waals surface area contributed by atoms with Gasteiger partial charge in [-0.25, -0.2) is 10.4 Å². The number of aromatic nitrogens is 3. The lowest BCUT2D eigenvalue weighted by atomic mass is 10.0. The molecule has 2 aromatic rings. The number of nitrogens with zero attached hydrogens (tertiary/aromatic N) is 6. The Morgan fingerprint density at radius 1 is 1.23 bits per heavy atom. The van der Waals surface area contributed by atoms with Crippen molar-refractivity contribution in [2.24, 2.45) is 5.92 Å². The molecule has 0 aromatic carbocycles. The van der Waals surface area contributed by atoms with Crippen molar-refractivity contribution >= 4 is 33.0 Å². The van der Waals surface area contributed by atoms with Gasteiger partial charge < -0.3 is 15.6 Å². The molecule has 0 aliphatic carbocycles. The van der Waals surface area contributed by atoms with Gasteiger partial charge in [0.05, 0.1) is 16.4 Å². The zero-order valence-corrected chi connectivity index (χ0v) is 20.9. The van der Waals surface area contributed by atoms with Crippen LogP contribution in [0.15, 0.2) is 16.9 Å². The Balaban J connectivity index is 1.77. The number of nitrogens with one attached hydrogen (secondary N) is 1. The second-order valence-electron chi connectivity index (χ2n) is 9.53. The third-order valence-corrected chi connectivity index (χ3v) is 7.05. The normalized spacial score (nSPS) is 21.5. The van der Waals surface area contributed by atoms with Gasteiger partial charge in [-0.1, -0.05) is 13.8 Å². The number of fused-ring (bicyclic) bond motifs is 1. The first-order valence-corrected chi connectivity index (χ1v) is 12.0. The van der Waals surface area contributed by atoms with Crippen molar-refractivity contribution in [2.75, 3.05) is 52.0 Å². The quantitative estimate of drug-likeness (QED) is 0.666. The van der Waals surface area contributed by atoms with Crippen LogP contribution in [0, 0.1) is 5.92 Å². The highest BCUT2D eigenvalue weighted by Gasteiger charge is 2.30. The average Bonchev–Trinajstić information content (AvgIpc) is 3.25. The molecule has 3 N–H and O–H groups in total. The Kier molecular flexibility index (Phi) is 6.57. The van der Waals surface area contributed by atoms with Crippen LogP contribution in [0.4, 0.5) is 5.82 Å². The number of hydrogen-bond donors (Lipinski definition) is 2. The van der Waals surface area contributed by atoms with Crippen LogP contribution in [0.1, 0.15) is 44.9 Å². The number of rotatable bonds is 5. The van der Waals surface area contributed by atoms with Crippen molar-refractivity contribution in [2.45, 2.75) is 39.7 Å². The molecule has 9 heteroatoms. The first kappa shape index (κ1) is 22.5. The second-order valence-corrected chi connectivity index (χ2v) is 10.3. The molecule has 2 aromatic heterocycles. The highest BCUT2D eigenvalue weighted by atomic mass is 79.9. The SMILES string of the molecule is CC(C)CN1CCN(C(C)C)CC(c2nc3c(C4=CN(C)NC4)cnn3c(N)c2Br)C1. The maximum atomic E-state index is 6.55. The van der Waals surface area contributed by atoms with Gasteiger partial charge in [-0.2, -0.15) is 9.61 Å². The van der Waals surface area contributed by atoms with Crippen LogP contribution in [0.3, 0.4) is 0 Å². The number of hydrazine groups is 1. The molecule has 170 valence electrons. The predicted molar refractivity (Wildman–Crippen MR) is 130 cm³/mol. The molecular formula is C22H35BrN8. The van der Waals surface area contributed by atoms with Crippen LogP contribution >= 0.6 is 15.9 Å². The fourth-order valence-electron chi connectivity index (χ4n) is 4.64. The molecule has 2 aliphatic heterocycles. The molecule has 0 bridgehead atoms. The largest absolute Gasteiger partial charge is 0.383 e. The van der Waals surface area contributed by atoms with Gasteiger partial charge in [0.2, 0.25) is 0 Å². The van der Waals surface area contributed by atoms with Gasteiger partial charge in [0.15, 0.2) is 5.65 Å². The van der Waals surface area contributed by atoms with E-state index in [4.69, 9.17) is 10.7 Å². The van der Waals surface area contributed by atoms with Crippen molar-refractivity contribution in [3.63, 3.8) is 0 Å². The molecule has 4 heterocycles. The molecule has 1 atom stereocenters. The Hall–Kier alpha value is -1.68. The molecule has 0 spiro atoms. The highest BCUT2D eigenvalue weighted by molar-refractivity contribution is 9.10. The van der Waals surface area contributed by atoms with Crippen LogP contribution in [0.2, 0.25) is 0 Å². The minimum Gasteiger partial charge on any atom is -0.383 e. The summed E-state index contributed by atoms with van der Waals surface area (Å²) in [5, 5.41) is 6.51. The summed E-state index contributed by atoms with van der Waals surface area (Å²) in [5.74, 6) is 1.52. The van der Waals surface area contributed by atoms with E-state index in [1.54, 1.807) is 4.52 Å². The second kappa shape index (κ2) is 9.05. The van der Waals surface area contributed by atoms with Crippen LogP contribution in [-0.4, -0.2) is 81.8 Å². The Morgan fingerprint density at radius 3 is 2.65 bits per heavy atom. The number of nitrogen functional groups attached to an aromatic ring is 1. The zero-order chi connectivity index (χ0) is 22.3. The minimum atomic E-state index is 0.270. The van der Waals surface area contributed by atoms with E-state index in [2.05, 4.69) is 70.1 Å². The van der Waals surface area contributed by atoms with Crippen molar-refractivity contribution < 1.29 is 0 Å². The fourth-order valence-corrected chi connectivity index (χ4v) is 5.22. The number of nitrogens with two attached hydrogens (primary N) is 1. The maximum absolute atomic E-state index is 6.55. The van der Waals surface area contributed by atoms with E-state index in [0.717, 1.165) is 60.6 Å². The van der Waals surface area contributed by atoms with E-state index < -0.39 is 0 Å². The van der Waals surface area contributed by atoms with Gasteiger partial charge in [-0.05, 0) is 41.3 Å². The average molecular weight is 491 g/mol. The number of hydrogen-bond acceptors (Lipinski definition) is 7. The summed E-state index contributed by atoms with van der Waals surface area (Å²) in [4.78, 5) is 10.3. The molecule has 1 saturated heterocycles. The fraction of sp³-hybridized carbons (Fsp3) is 0.636. The molecule has 4 rings (SSSR count). The molecule has 31 heavy (non-hydrogen) atoms. The topological polar surface area (TPSA) is 78.0 Å². The van der Waals surface area contributed by atoms with Gasteiger partial charge in [0.1, 0.15) is 5.82 Å². The van der Waals surface area contributed by atoms with Gasteiger partial charge in [-0.3, -0.25) is 4.90 Å². The van der Waals surface area contributed by atoms with Gasteiger partial charge >= 0.3 is 0 Å². The van der Waals surface area contributed by atoms with E-state index >= 15 is 0 Å². The Labute approximate surface area is 193 Å². The lowest BCUT2D eigenvalue weighted by Gasteiger charge is -2.28. The lowest BCUT2D eigenvalue weighted by molar-refractivity contribution is 0.212. The molecule has 0 amide bonds. The van der Waals surface area contributed by atoms with E-state index in [1.807, 2.05) is 18.3 Å². The van der Waals surface area contributed by atoms with E-state index in [-0.39, 0.29) is 5.92 Å². The van der Waals surface area contributed by atoms with Crippen molar-refractivity contribution in [1.29, 1.82) is 0 Å². The van der Waals surface area contributed by atoms with Gasteiger partial charge in [0, 0.05) is 70.0 Å². The molecular weight excluding hydrogens is 456 g/mol. The monoisotopic (exact) mass is 490 g/mol.